The minimum absolute atomic E-state index is 0.0269. The van der Waals surface area contributed by atoms with Crippen LogP contribution in [-0.4, -0.2) is 76.3 Å². The summed E-state index contributed by atoms with van der Waals surface area (Å²) in [5.74, 6) is 0.208. The third-order valence-corrected chi connectivity index (χ3v) is 9.65. The molecule has 178 valence electrons. The number of sulfonamides is 1. The van der Waals surface area contributed by atoms with Crippen molar-refractivity contribution in [2.24, 2.45) is 0 Å². The SMILES string of the molecule is Cc1ccc(C(=O)N2CCN(C3CCS(=O)(=O)C3)CC2)cc1S(=O)(=O)NCc1ccccc1. The molecule has 1 N–H and O–H groups in total. The summed E-state index contributed by atoms with van der Waals surface area (Å²) in [5, 5.41) is 0. The van der Waals surface area contributed by atoms with Crippen molar-refractivity contribution in [2.75, 3.05) is 37.7 Å². The Labute approximate surface area is 195 Å². The Hall–Kier alpha value is -2.27. The summed E-state index contributed by atoms with van der Waals surface area (Å²) in [7, 11) is -6.74. The van der Waals surface area contributed by atoms with E-state index in [2.05, 4.69) is 9.62 Å². The van der Waals surface area contributed by atoms with Crippen molar-refractivity contribution >= 4 is 25.8 Å². The van der Waals surface area contributed by atoms with Crippen LogP contribution in [0.1, 0.15) is 27.9 Å². The number of hydrogen-bond donors (Lipinski definition) is 1. The predicted octanol–water partition coefficient (Wildman–Crippen LogP) is 1.42. The van der Waals surface area contributed by atoms with Crippen molar-refractivity contribution in [3.05, 3.63) is 65.2 Å². The van der Waals surface area contributed by atoms with Gasteiger partial charge in [-0.15, -0.1) is 0 Å². The molecule has 2 saturated heterocycles. The Balaban J connectivity index is 1.42. The summed E-state index contributed by atoms with van der Waals surface area (Å²) in [6.45, 7) is 4.07. The smallest absolute Gasteiger partial charge is 0.253 e. The Bertz CT molecular complexity index is 1220. The van der Waals surface area contributed by atoms with Crippen molar-refractivity contribution in [1.82, 2.24) is 14.5 Å². The van der Waals surface area contributed by atoms with Crippen molar-refractivity contribution in [3.8, 4) is 0 Å². The molecule has 33 heavy (non-hydrogen) atoms. The van der Waals surface area contributed by atoms with Gasteiger partial charge < -0.3 is 4.90 Å². The summed E-state index contributed by atoms with van der Waals surface area (Å²) in [5.41, 5.74) is 1.75. The minimum atomic E-state index is -3.79. The lowest BCUT2D eigenvalue weighted by atomic mass is 10.1. The van der Waals surface area contributed by atoms with E-state index in [9.17, 15) is 21.6 Å². The third kappa shape index (κ3) is 5.63. The molecule has 0 aromatic heterocycles. The second-order valence-electron chi connectivity index (χ2n) is 8.68. The molecule has 1 atom stereocenters. The van der Waals surface area contributed by atoms with Crippen LogP contribution in [0.25, 0.3) is 0 Å². The molecule has 0 aliphatic carbocycles. The zero-order valence-corrected chi connectivity index (χ0v) is 20.2. The number of benzene rings is 2. The first-order valence-corrected chi connectivity index (χ1v) is 14.3. The molecule has 8 nitrogen and oxygen atoms in total. The number of sulfone groups is 1. The van der Waals surface area contributed by atoms with E-state index >= 15 is 0 Å². The molecule has 1 unspecified atom stereocenters. The maximum atomic E-state index is 13.1. The summed E-state index contributed by atoms with van der Waals surface area (Å²) in [6.07, 6.45) is 0.644. The van der Waals surface area contributed by atoms with Crippen molar-refractivity contribution in [3.63, 3.8) is 0 Å². The van der Waals surface area contributed by atoms with Crippen LogP contribution in [-0.2, 0) is 26.4 Å². The highest BCUT2D eigenvalue weighted by Crippen LogP contribution is 2.22. The summed E-state index contributed by atoms with van der Waals surface area (Å²) in [6, 6.07) is 14.0. The molecule has 2 heterocycles. The summed E-state index contributed by atoms with van der Waals surface area (Å²) < 4.78 is 52.0. The highest BCUT2D eigenvalue weighted by Gasteiger charge is 2.34. The molecule has 10 heteroatoms. The summed E-state index contributed by atoms with van der Waals surface area (Å²) in [4.78, 5) is 17.0. The van der Waals surface area contributed by atoms with Gasteiger partial charge in [-0.3, -0.25) is 9.69 Å². The number of nitrogens with one attached hydrogen (secondary N) is 1. The lowest BCUT2D eigenvalue weighted by molar-refractivity contribution is 0.0587. The normalized spacial score (nSPS) is 21.2. The molecule has 2 aromatic carbocycles. The molecule has 2 aliphatic rings. The molecular weight excluding hydrogens is 462 g/mol. The molecule has 2 aromatic rings. The average molecular weight is 492 g/mol. The van der Waals surface area contributed by atoms with E-state index in [-0.39, 0.29) is 34.9 Å². The first-order chi connectivity index (χ1) is 15.6. The average Bonchev–Trinajstić information content (AvgIpc) is 3.18. The predicted molar refractivity (Wildman–Crippen MR) is 126 cm³/mol. The van der Waals surface area contributed by atoms with E-state index < -0.39 is 19.9 Å². The van der Waals surface area contributed by atoms with Crippen LogP contribution >= 0.6 is 0 Å². The van der Waals surface area contributed by atoms with E-state index in [4.69, 9.17) is 0 Å². The van der Waals surface area contributed by atoms with E-state index in [0.717, 1.165) is 5.56 Å². The van der Waals surface area contributed by atoms with Gasteiger partial charge in [0.2, 0.25) is 10.0 Å². The minimum Gasteiger partial charge on any atom is -0.336 e. The molecular formula is C23H29N3O5S2. The number of carbonyl (C=O) groups is 1. The van der Waals surface area contributed by atoms with Gasteiger partial charge in [-0.2, -0.15) is 0 Å². The fraction of sp³-hybridized carbons (Fsp3) is 0.435. The second kappa shape index (κ2) is 9.54. The highest BCUT2D eigenvalue weighted by atomic mass is 32.2. The van der Waals surface area contributed by atoms with Crippen molar-refractivity contribution < 1.29 is 21.6 Å². The van der Waals surface area contributed by atoms with Gasteiger partial charge in [0.15, 0.2) is 9.84 Å². The number of rotatable bonds is 6. The molecule has 2 fully saturated rings. The van der Waals surface area contributed by atoms with Crippen LogP contribution < -0.4 is 4.72 Å². The number of amides is 1. The zero-order chi connectivity index (χ0) is 23.6. The fourth-order valence-corrected chi connectivity index (χ4v) is 7.46. The van der Waals surface area contributed by atoms with Crippen LogP contribution in [0.15, 0.2) is 53.4 Å². The largest absolute Gasteiger partial charge is 0.336 e. The van der Waals surface area contributed by atoms with Gasteiger partial charge >= 0.3 is 0 Å². The molecule has 1 amide bonds. The van der Waals surface area contributed by atoms with E-state index in [1.807, 2.05) is 30.3 Å². The van der Waals surface area contributed by atoms with Gasteiger partial charge in [0.05, 0.1) is 16.4 Å². The quantitative estimate of drug-likeness (QED) is 0.656. The number of piperazine rings is 1. The fourth-order valence-electron chi connectivity index (χ4n) is 4.41. The Morgan fingerprint density at radius 2 is 1.76 bits per heavy atom. The van der Waals surface area contributed by atoms with Gasteiger partial charge in [0, 0.05) is 44.3 Å². The molecule has 0 spiro atoms. The molecule has 0 saturated carbocycles. The van der Waals surface area contributed by atoms with Gasteiger partial charge in [-0.05, 0) is 36.6 Å². The van der Waals surface area contributed by atoms with Crippen molar-refractivity contribution in [2.45, 2.75) is 30.8 Å². The van der Waals surface area contributed by atoms with Crippen LogP contribution in [0, 0.1) is 6.92 Å². The van der Waals surface area contributed by atoms with E-state index in [0.29, 0.717) is 43.7 Å². The first kappa shape index (κ1) is 23.9. The Kier molecular flexibility index (Phi) is 6.90. The topological polar surface area (TPSA) is 104 Å². The maximum Gasteiger partial charge on any atom is 0.253 e. The second-order valence-corrected chi connectivity index (χ2v) is 12.6. The number of hydrogen-bond acceptors (Lipinski definition) is 6. The van der Waals surface area contributed by atoms with E-state index in [1.54, 1.807) is 24.0 Å². The van der Waals surface area contributed by atoms with Gasteiger partial charge in [-0.25, -0.2) is 21.6 Å². The van der Waals surface area contributed by atoms with Crippen LogP contribution in [0.3, 0.4) is 0 Å². The lowest BCUT2D eigenvalue weighted by Gasteiger charge is -2.37. The van der Waals surface area contributed by atoms with Crippen LogP contribution in [0.2, 0.25) is 0 Å². The molecule has 2 aliphatic heterocycles. The van der Waals surface area contributed by atoms with Gasteiger partial charge in [0.25, 0.3) is 5.91 Å². The third-order valence-electron chi connectivity index (χ3n) is 6.36. The lowest BCUT2D eigenvalue weighted by Crippen LogP contribution is -2.52. The van der Waals surface area contributed by atoms with Gasteiger partial charge in [0.1, 0.15) is 0 Å². The van der Waals surface area contributed by atoms with Crippen LogP contribution in [0.5, 0.6) is 0 Å². The number of carbonyl (C=O) groups excluding carboxylic acids is 1. The zero-order valence-electron chi connectivity index (χ0n) is 18.6. The highest BCUT2D eigenvalue weighted by molar-refractivity contribution is 7.91. The monoisotopic (exact) mass is 491 g/mol. The Morgan fingerprint density at radius 3 is 2.39 bits per heavy atom. The standard InChI is InChI=1S/C23H29N3O5S2/c1-18-7-8-20(15-22(18)33(30,31)24-16-19-5-3-2-4-6-19)23(27)26-12-10-25(11-13-26)21-9-14-32(28,29)17-21/h2-8,15,21,24H,9-14,16-17H2,1H3. The molecule has 0 radical (unpaired) electrons. The molecule has 4 rings (SSSR count). The number of nitrogens with zero attached hydrogens (tertiary/aromatic N) is 2. The number of aryl methyl sites for hydroxylation is 1. The van der Waals surface area contributed by atoms with Crippen LogP contribution in [0.4, 0.5) is 0 Å². The maximum absolute atomic E-state index is 13.1. The first-order valence-electron chi connectivity index (χ1n) is 11.0. The Morgan fingerprint density at radius 1 is 1.06 bits per heavy atom. The van der Waals surface area contributed by atoms with Crippen molar-refractivity contribution in [1.29, 1.82) is 0 Å². The van der Waals surface area contributed by atoms with E-state index in [1.165, 1.54) is 6.07 Å². The van der Waals surface area contributed by atoms with Gasteiger partial charge in [-0.1, -0.05) is 36.4 Å². The molecule has 0 bridgehead atoms. The summed E-state index contributed by atoms with van der Waals surface area (Å²) >= 11 is 0.